The van der Waals surface area contributed by atoms with Crippen molar-refractivity contribution in [3.63, 3.8) is 0 Å². The summed E-state index contributed by atoms with van der Waals surface area (Å²) in [5.41, 5.74) is 0. The minimum absolute atomic E-state index is 0.115. The van der Waals surface area contributed by atoms with Gasteiger partial charge in [0.1, 0.15) is 0 Å². The maximum absolute atomic E-state index is 12.5. The van der Waals surface area contributed by atoms with Crippen molar-refractivity contribution >= 4 is 11.6 Å². The first-order valence-corrected chi connectivity index (χ1v) is 3.29. The Labute approximate surface area is 54.0 Å². The Balaban J connectivity index is 2.37. The lowest BCUT2D eigenvalue weighted by atomic mass is 10.1. The number of hydrogen-bond acceptors (Lipinski definition) is 0. The molecule has 0 aliphatic heterocycles. The lowest BCUT2D eigenvalue weighted by Gasteiger charge is -1.99. The molecule has 1 aliphatic rings. The van der Waals surface area contributed by atoms with E-state index < -0.39 is 5.13 Å². The summed E-state index contributed by atoms with van der Waals surface area (Å²) in [6.07, 6.45) is 0.548. The third-order valence-electron chi connectivity index (χ3n) is 1.68. The van der Waals surface area contributed by atoms with Crippen molar-refractivity contribution in [2.24, 2.45) is 11.8 Å². The maximum atomic E-state index is 12.5. The fourth-order valence-electron chi connectivity index (χ4n) is 0.958. The van der Waals surface area contributed by atoms with Crippen LogP contribution in [0.4, 0.5) is 4.39 Å². The predicted octanol–water partition coefficient (Wildman–Crippen LogP) is 2.57. The van der Waals surface area contributed by atoms with Crippen LogP contribution in [0.5, 0.6) is 0 Å². The standard InChI is InChI=1S/C6H10ClF/c1-4(2)5-3-6(5,7)8/h4-5H,3H2,1-2H3/t5-,6-/m1/s1. The molecule has 0 nitrogen and oxygen atoms in total. The lowest BCUT2D eigenvalue weighted by molar-refractivity contribution is 0.360. The van der Waals surface area contributed by atoms with Gasteiger partial charge in [-0.25, -0.2) is 4.39 Å². The van der Waals surface area contributed by atoms with E-state index >= 15 is 0 Å². The number of hydrogen-bond donors (Lipinski definition) is 0. The first-order valence-electron chi connectivity index (χ1n) is 2.92. The van der Waals surface area contributed by atoms with Crippen LogP contribution >= 0.6 is 11.6 Å². The normalized spacial score (nSPS) is 45.4. The van der Waals surface area contributed by atoms with Crippen LogP contribution in [-0.4, -0.2) is 5.13 Å². The molecule has 0 spiro atoms. The molecule has 2 atom stereocenters. The van der Waals surface area contributed by atoms with Crippen LogP contribution in [0, 0.1) is 11.8 Å². The predicted molar refractivity (Wildman–Crippen MR) is 32.6 cm³/mol. The summed E-state index contributed by atoms with van der Waals surface area (Å²) in [4.78, 5) is 0. The molecule has 0 N–H and O–H groups in total. The highest BCUT2D eigenvalue weighted by atomic mass is 35.5. The van der Waals surface area contributed by atoms with Gasteiger partial charge < -0.3 is 0 Å². The monoisotopic (exact) mass is 136 g/mol. The van der Waals surface area contributed by atoms with Crippen LogP contribution in [0.25, 0.3) is 0 Å². The second kappa shape index (κ2) is 1.60. The molecule has 8 heavy (non-hydrogen) atoms. The topological polar surface area (TPSA) is 0 Å². The Kier molecular flexibility index (Phi) is 1.27. The summed E-state index contributed by atoms with van der Waals surface area (Å²) in [5, 5.41) is -1.34. The summed E-state index contributed by atoms with van der Waals surface area (Å²) < 4.78 is 12.5. The molecule has 2 heteroatoms. The molecule has 0 amide bonds. The first kappa shape index (κ1) is 6.34. The lowest BCUT2D eigenvalue weighted by Crippen LogP contribution is -1.98. The van der Waals surface area contributed by atoms with Gasteiger partial charge in [0.05, 0.1) is 0 Å². The van der Waals surface area contributed by atoms with Crippen LogP contribution in [0.15, 0.2) is 0 Å². The van der Waals surface area contributed by atoms with Gasteiger partial charge in [-0.1, -0.05) is 25.4 Å². The Morgan fingerprint density at radius 1 is 1.75 bits per heavy atom. The second-order valence-corrected chi connectivity index (χ2v) is 3.44. The zero-order valence-electron chi connectivity index (χ0n) is 5.12. The smallest absolute Gasteiger partial charge is 0.187 e. The summed E-state index contributed by atoms with van der Waals surface area (Å²) in [6.45, 7) is 3.99. The van der Waals surface area contributed by atoms with Gasteiger partial charge in [-0.05, 0) is 5.92 Å². The van der Waals surface area contributed by atoms with Crippen molar-refractivity contribution in [2.45, 2.75) is 25.4 Å². The molecule has 48 valence electrons. The highest BCUT2D eigenvalue weighted by Crippen LogP contribution is 2.54. The first-order chi connectivity index (χ1) is 3.54. The molecule has 0 radical (unpaired) electrons. The molecule has 1 fully saturated rings. The second-order valence-electron chi connectivity index (χ2n) is 2.82. The zero-order chi connectivity index (χ0) is 6.36. The summed E-state index contributed by atoms with van der Waals surface area (Å²) in [7, 11) is 0. The minimum atomic E-state index is -1.34. The number of halogens is 2. The van der Waals surface area contributed by atoms with E-state index in [1.165, 1.54) is 0 Å². The molecular weight excluding hydrogens is 127 g/mol. The van der Waals surface area contributed by atoms with E-state index in [0.717, 1.165) is 0 Å². The van der Waals surface area contributed by atoms with Crippen LogP contribution < -0.4 is 0 Å². The summed E-state index contributed by atoms with van der Waals surface area (Å²) in [6, 6.07) is 0. The van der Waals surface area contributed by atoms with E-state index in [0.29, 0.717) is 12.3 Å². The molecule has 0 aromatic carbocycles. The molecule has 1 aliphatic carbocycles. The van der Waals surface area contributed by atoms with Gasteiger partial charge in [-0.3, -0.25) is 0 Å². The van der Waals surface area contributed by atoms with Crippen molar-refractivity contribution in [2.75, 3.05) is 0 Å². The molecule has 0 unspecified atom stereocenters. The Bertz CT molecular complexity index is 98.7. The average molecular weight is 137 g/mol. The molecule has 0 saturated heterocycles. The largest absolute Gasteiger partial charge is 0.226 e. The van der Waals surface area contributed by atoms with E-state index in [-0.39, 0.29) is 5.92 Å². The van der Waals surface area contributed by atoms with Gasteiger partial charge >= 0.3 is 0 Å². The van der Waals surface area contributed by atoms with Crippen LogP contribution in [0.2, 0.25) is 0 Å². The van der Waals surface area contributed by atoms with Crippen LogP contribution in [0.3, 0.4) is 0 Å². The van der Waals surface area contributed by atoms with Crippen LogP contribution in [0.1, 0.15) is 20.3 Å². The van der Waals surface area contributed by atoms with Gasteiger partial charge in [-0.15, -0.1) is 0 Å². The van der Waals surface area contributed by atoms with E-state index in [9.17, 15) is 4.39 Å². The number of alkyl halides is 2. The van der Waals surface area contributed by atoms with Crippen molar-refractivity contribution in [1.29, 1.82) is 0 Å². The molecular formula is C6H10ClF. The molecule has 0 aromatic rings. The fourth-order valence-corrected chi connectivity index (χ4v) is 1.38. The SMILES string of the molecule is CC(C)[C@H]1C[C@]1(F)Cl. The van der Waals surface area contributed by atoms with Crippen LogP contribution in [-0.2, 0) is 0 Å². The summed E-state index contributed by atoms with van der Waals surface area (Å²) in [5.74, 6) is 0.515. The summed E-state index contributed by atoms with van der Waals surface area (Å²) >= 11 is 5.34. The van der Waals surface area contributed by atoms with E-state index in [2.05, 4.69) is 0 Å². The molecule has 1 saturated carbocycles. The Morgan fingerprint density at radius 3 is 2.12 bits per heavy atom. The van der Waals surface area contributed by atoms with Crippen molar-refractivity contribution < 1.29 is 4.39 Å². The van der Waals surface area contributed by atoms with Gasteiger partial charge in [0.25, 0.3) is 0 Å². The van der Waals surface area contributed by atoms with Crippen molar-refractivity contribution in [3.8, 4) is 0 Å². The molecule has 0 bridgehead atoms. The van der Waals surface area contributed by atoms with E-state index in [4.69, 9.17) is 11.6 Å². The third-order valence-corrected chi connectivity index (χ3v) is 2.11. The van der Waals surface area contributed by atoms with Crippen molar-refractivity contribution in [3.05, 3.63) is 0 Å². The van der Waals surface area contributed by atoms with Gasteiger partial charge in [0, 0.05) is 12.3 Å². The zero-order valence-corrected chi connectivity index (χ0v) is 5.87. The van der Waals surface area contributed by atoms with Gasteiger partial charge in [-0.2, -0.15) is 0 Å². The third kappa shape index (κ3) is 0.970. The molecule has 0 aromatic heterocycles. The Hall–Kier alpha value is 0.220. The fraction of sp³-hybridized carbons (Fsp3) is 1.00. The maximum Gasteiger partial charge on any atom is 0.187 e. The average Bonchev–Trinajstić information content (AvgIpc) is 2.13. The molecule has 0 heterocycles. The minimum Gasteiger partial charge on any atom is -0.226 e. The Morgan fingerprint density at radius 2 is 2.12 bits per heavy atom. The van der Waals surface area contributed by atoms with E-state index in [1.807, 2.05) is 13.8 Å². The quantitative estimate of drug-likeness (QED) is 0.486. The highest BCUT2D eigenvalue weighted by Gasteiger charge is 2.55. The highest BCUT2D eigenvalue weighted by molar-refractivity contribution is 6.25. The van der Waals surface area contributed by atoms with Crippen molar-refractivity contribution in [1.82, 2.24) is 0 Å². The van der Waals surface area contributed by atoms with Gasteiger partial charge in [0.15, 0.2) is 5.13 Å². The number of rotatable bonds is 1. The molecule has 1 rings (SSSR count). The van der Waals surface area contributed by atoms with Gasteiger partial charge in [0.2, 0.25) is 0 Å². The van der Waals surface area contributed by atoms with E-state index in [1.54, 1.807) is 0 Å².